The predicted octanol–water partition coefficient (Wildman–Crippen LogP) is 6.36. The van der Waals surface area contributed by atoms with Crippen molar-refractivity contribution in [1.82, 2.24) is 5.32 Å². The Morgan fingerprint density at radius 1 is 1.10 bits per heavy atom. The Kier molecular flexibility index (Phi) is 7.72. The van der Waals surface area contributed by atoms with Crippen molar-refractivity contribution >= 4 is 35.2 Å². The van der Waals surface area contributed by atoms with Gasteiger partial charge in [0, 0.05) is 21.2 Å². The summed E-state index contributed by atoms with van der Waals surface area (Å²) in [6, 6.07) is 23.7. The number of ether oxygens (including phenoxy) is 1. The van der Waals surface area contributed by atoms with Crippen molar-refractivity contribution in [3.05, 3.63) is 105 Å². The van der Waals surface area contributed by atoms with E-state index in [1.807, 2.05) is 55.5 Å². The number of halogens is 2. The predicted molar refractivity (Wildman–Crippen MR) is 124 cm³/mol. The molecule has 31 heavy (non-hydrogen) atoms. The summed E-state index contributed by atoms with van der Waals surface area (Å²) in [7, 11) is 0. The van der Waals surface area contributed by atoms with E-state index in [2.05, 4.69) is 5.32 Å². The van der Waals surface area contributed by atoms with E-state index in [9.17, 15) is 10.1 Å². The molecule has 0 aliphatic heterocycles. The topological polar surface area (TPSA) is 62.1 Å². The first-order valence-electron chi connectivity index (χ1n) is 9.61. The molecule has 0 unspecified atom stereocenters. The highest BCUT2D eigenvalue weighted by atomic mass is 35.5. The van der Waals surface area contributed by atoms with Crippen LogP contribution in [0.3, 0.4) is 0 Å². The molecule has 6 heteroatoms. The van der Waals surface area contributed by atoms with Gasteiger partial charge in [-0.15, -0.1) is 0 Å². The lowest BCUT2D eigenvalue weighted by atomic mass is 10.1. The van der Waals surface area contributed by atoms with Gasteiger partial charge in [-0.3, -0.25) is 4.79 Å². The molecular weight excluding hydrogens is 431 g/mol. The van der Waals surface area contributed by atoms with E-state index in [0.717, 1.165) is 11.1 Å². The Labute approximate surface area is 191 Å². The first kappa shape index (κ1) is 22.4. The molecule has 1 amide bonds. The molecule has 0 saturated heterocycles. The molecule has 3 rings (SSSR count). The van der Waals surface area contributed by atoms with Gasteiger partial charge in [0.05, 0.1) is 6.04 Å². The molecular formula is C25H20Cl2N2O2. The lowest BCUT2D eigenvalue weighted by Crippen LogP contribution is -2.27. The Bertz CT molecular complexity index is 1140. The highest BCUT2D eigenvalue weighted by Gasteiger charge is 2.15. The van der Waals surface area contributed by atoms with Gasteiger partial charge >= 0.3 is 0 Å². The Hall–Kier alpha value is -3.26. The third-order valence-corrected chi connectivity index (χ3v) is 5.22. The van der Waals surface area contributed by atoms with Crippen molar-refractivity contribution in [3.63, 3.8) is 0 Å². The van der Waals surface area contributed by atoms with Crippen LogP contribution in [-0.4, -0.2) is 5.91 Å². The fourth-order valence-electron chi connectivity index (χ4n) is 2.93. The monoisotopic (exact) mass is 450 g/mol. The second-order valence-electron chi connectivity index (χ2n) is 6.84. The van der Waals surface area contributed by atoms with Crippen molar-refractivity contribution in [2.45, 2.75) is 19.6 Å². The molecule has 4 nitrogen and oxygen atoms in total. The van der Waals surface area contributed by atoms with Gasteiger partial charge in [-0.1, -0.05) is 77.8 Å². The molecule has 1 atom stereocenters. The quantitative estimate of drug-likeness (QED) is 0.336. The fraction of sp³-hybridized carbons (Fsp3) is 0.120. The molecule has 1 N–H and O–H groups in total. The van der Waals surface area contributed by atoms with Crippen LogP contribution in [0.1, 0.15) is 29.7 Å². The largest absolute Gasteiger partial charge is 0.488 e. The van der Waals surface area contributed by atoms with E-state index >= 15 is 0 Å². The number of nitriles is 1. The molecule has 0 bridgehead atoms. The summed E-state index contributed by atoms with van der Waals surface area (Å²) in [5.41, 5.74) is 2.34. The van der Waals surface area contributed by atoms with Crippen molar-refractivity contribution in [2.75, 3.05) is 0 Å². The molecule has 0 radical (unpaired) electrons. The highest BCUT2D eigenvalue weighted by Crippen LogP contribution is 2.26. The van der Waals surface area contributed by atoms with Gasteiger partial charge < -0.3 is 10.1 Å². The standard InChI is InChI=1S/C25H20Cl2N2O2/c1-17(18-7-3-2-4-8-18)29-25(30)21(15-28)13-19-9-5-6-10-24(19)31-16-20-11-12-22(26)14-23(20)27/h2-14,17H,16H2,1H3,(H,29,30)/b21-13-/t17-/m0/s1. The maximum Gasteiger partial charge on any atom is 0.262 e. The molecule has 0 aromatic heterocycles. The third-order valence-electron chi connectivity index (χ3n) is 4.63. The van der Waals surface area contributed by atoms with E-state index in [4.69, 9.17) is 27.9 Å². The molecule has 0 spiro atoms. The van der Waals surface area contributed by atoms with Gasteiger partial charge in [-0.25, -0.2) is 0 Å². The number of nitrogens with zero attached hydrogens (tertiary/aromatic N) is 1. The molecule has 3 aromatic rings. The van der Waals surface area contributed by atoms with Gasteiger partial charge in [-0.05, 0) is 36.8 Å². The van der Waals surface area contributed by atoms with E-state index in [1.165, 1.54) is 6.08 Å². The average molecular weight is 451 g/mol. The van der Waals surface area contributed by atoms with Gasteiger partial charge in [-0.2, -0.15) is 5.26 Å². The average Bonchev–Trinajstić information content (AvgIpc) is 2.78. The number of para-hydroxylation sites is 1. The lowest BCUT2D eigenvalue weighted by molar-refractivity contribution is -0.117. The number of amides is 1. The summed E-state index contributed by atoms with van der Waals surface area (Å²) in [5.74, 6) is 0.0829. The summed E-state index contributed by atoms with van der Waals surface area (Å²) in [4.78, 5) is 12.7. The van der Waals surface area contributed by atoms with Gasteiger partial charge in [0.1, 0.15) is 24.0 Å². The highest BCUT2D eigenvalue weighted by molar-refractivity contribution is 6.35. The molecule has 0 saturated carbocycles. The lowest BCUT2D eigenvalue weighted by Gasteiger charge is -2.14. The normalized spacial score (nSPS) is 12.0. The molecule has 156 valence electrons. The van der Waals surface area contributed by atoms with Crippen LogP contribution >= 0.6 is 23.2 Å². The Balaban J connectivity index is 1.76. The SMILES string of the molecule is C[C@H](NC(=O)/C(C#N)=C\c1ccccc1OCc1ccc(Cl)cc1Cl)c1ccccc1. The molecule has 0 heterocycles. The summed E-state index contributed by atoms with van der Waals surface area (Å²) < 4.78 is 5.91. The van der Waals surface area contributed by atoms with Gasteiger partial charge in [0.15, 0.2) is 0 Å². The van der Waals surface area contributed by atoms with E-state index < -0.39 is 5.91 Å². The molecule has 0 aliphatic carbocycles. The minimum absolute atomic E-state index is 0.0108. The second kappa shape index (κ2) is 10.7. The number of rotatable bonds is 7. The molecule has 3 aromatic carbocycles. The summed E-state index contributed by atoms with van der Waals surface area (Å²) in [6.07, 6.45) is 1.52. The fourth-order valence-corrected chi connectivity index (χ4v) is 3.39. The number of carbonyl (C=O) groups excluding carboxylic acids is 1. The number of hydrogen-bond donors (Lipinski definition) is 1. The van der Waals surface area contributed by atoms with E-state index in [-0.39, 0.29) is 18.2 Å². The van der Waals surface area contributed by atoms with Crippen molar-refractivity contribution < 1.29 is 9.53 Å². The summed E-state index contributed by atoms with van der Waals surface area (Å²) >= 11 is 12.1. The smallest absolute Gasteiger partial charge is 0.262 e. The van der Waals surface area contributed by atoms with Gasteiger partial charge in [0.2, 0.25) is 0 Å². The Morgan fingerprint density at radius 2 is 1.81 bits per heavy atom. The van der Waals surface area contributed by atoms with E-state index in [0.29, 0.717) is 21.4 Å². The second-order valence-corrected chi connectivity index (χ2v) is 7.68. The van der Waals surface area contributed by atoms with Crippen molar-refractivity contribution in [1.29, 1.82) is 5.26 Å². The summed E-state index contributed by atoms with van der Waals surface area (Å²) in [5, 5.41) is 13.5. The molecule has 0 aliphatic rings. The van der Waals surface area contributed by atoms with Crippen LogP contribution in [0.2, 0.25) is 10.0 Å². The Morgan fingerprint density at radius 3 is 2.52 bits per heavy atom. The van der Waals surface area contributed by atoms with Crippen LogP contribution in [-0.2, 0) is 11.4 Å². The first-order chi connectivity index (χ1) is 15.0. The maximum absolute atomic E-state index is 12.7. The third kappa shape index (κ3) is 6.11. The zero-order chi connectivity index (χ0) is 22.2. The number of carbonyl (C=O) groups is 1. The minimum Gasteiger partial charge on any atom is -0.488 e. The van der Waals surface area contributed by atoms with Crippen LogP contribution in [0.5, 0.6) is 5.75 Å². The maximum atomic E-state index is 12.7. The number of benzene rings is 3. The van der Waals surface area contributed by atoms with Crippen LogP contribution in [0.25, 0.3) is 6.08 Å². The minimum atomic E-state index is -0.450. The van der Waals surface area contributed by atoms with Gasteiger partial charge in [0.25, 0.3) is 5.91 Å². The van der Waals surface area contributed by atoms with Crippen LogP contribution in [0.4, 0.5) is 0 Å². The number of nitrogens with one attached hydrogen (secondary N) is 1. The van der Waals surface area contributed by atoms with Crippen LogP contribution in [0.15, 0.2) is 78.4 Å². The van der Waals surface area contributed by atoms with Crippen molar-refractivity contribution in [2.24, 2.45) is 0 Å². The van der Waals surface area contributed by atoms with Crippen molar-refractivity contribution in [3.8, 4) is 11.8 Å². The summed E-state index contributed by atoms with van der Waals surface area (Å²) in [6.45, 7) is 2.09. The number of hydrogen-bond acceptors (Lipinski definition) is 3. The van der Waals surface area contributed by atoms with Crippen LogP contribution in [0, 0.1) is 11.3 Å². The zero-order valence-electron chi connectivity index (χ0n) is 16.8. The van der Waals surface area contributed by atoms with E-state index in [1.54, 1.807) is 30.3 Å². The zero-order valence-corrected chi connectivity index (χ0v) is 18.3. The first-order valence-corrected chi connectivity index (χ1v) is 10.4. The molecule has 0 fully saturated rings. The van der Waals surface area contributed by atoms with Crippen LogP contribution < -0.4 is 10.1 Å².